The summed E-state index contributed by atoms with van der Waals surface area (Å²) < 4.78 is 86.0. The monoisotopic (exact) mass is 594 g/mol. The zero-order valence-electron chi connectivity index (χ0n) is 22.0. The van der Waals surface area contributed by atoms with Crippen molar-refractivity contribution in [2.75, 3.05) is 25.5 Å². The van der Waals surface area contributed by atoms with Gasteiger partial charge in [0.15, 0.2) is 5.11 Å². The van der Waals surface area contributed by atoms with E-state index in [9.17, 15) is 26.3 Å². The van der Waals surface area contributed by atoms with Crippen LogP contribution in [0.4, 0.5) is 32.0 Å². The molecule has 2 N–H and O–H groups in total. The number of benzene rings is 2. The molecule has 3 unspecified atom stereocenters. The van der Waals surface area contributed by atoms with E-state index < -0.39 is 35.2 Å². The number of methoxy groups -OCH3 is 1. The van der Waals surface area contributed by atoms with E-state index in [1.807, 2.05) is 24.3 Å². The Bertz CT molecular complexity index is 1430. The van der Waals surface area contributed by atoms with Gasteiger partial charge in [0.05, 0.1) is 29.8 Å². The molecule has 0 spiro atoms. The van der Waals surface area contributed by atoms with Crippen LogP contribution in [0.2, 0.25) is 0 Å². The number of piperidine rings is 3. The van der Waals surface area contributed by atoms with Crippen LogP contribution in [0.5, 0.6) is 5.75 Å². The van der Waals surface area contributed by atoms with Gasteiger partial charge in [-0.25, -0.2) is 0 Å². The minimum atomic E-state index is -4.97. The number of halogens is 6. The van der Waals surface area contributed by atoms with Crippen LogP contribution in [0, 0.1) is 11.8 Å². The van der Waals surface area contributed by atoms with Crippen molar-refractivity contribution in [1.82, 2.24) is 15.2 Å². The summed E-state index contributed by atoms with van der Waals surface area (Å²) in [6, 6.07) is 8.15. The molecular weight excluding hydrogens is 566 g/mol. The van der Waals surface area contributed by atoms with E-state index in [0.29, 0.717) is 35.2 Å². The van der Waals surface area contributed by atoms with Gasteiger partial charge in [-0.2, -0.15) is 26.3 Å². The lowest BCUT2D eigenvalue weighted by Gasteiger charge is -2.52. The van der Waals surface area contributed by atoms with E-state index in [2.05, 4.69) is 27.1 Å². The van der Waals surface area contributed by atoms with Gasteiger partial charge in [0.2, 0.25) is 0 Å². The number of thiocarbonyl (C=S) groups is 1. The molecule has 3 saturated heterocycles. The molecule has 5 atom stereocenters. The van der Waals surface area contributed by atoms with Crippen molar-refractivity contribution in [2.24, 2.45) is 11.8 Å². The Kier molecular flexibility index (Phi) is 7.90. The van der Waals surface area contributed by atoms with Gasteiger partial charge in [-0.05, 0) is 91.5 Å². The van der Waals surface area contributed by atoms with Gasteiger partial charge in [-0.1, -0.05) is 6.08 Å². The van der Waals surface area contributed by atoms with Gasteiger partial charge >= 0.3 is 12.4 Å². The predicted molar refractivity (Wildman–Crippen MR) is 149 cm³/mol. The molecule has 6 rings (SSSR count). The number of hydrogen-bond donors (Lipinski definition) is 2. The Balaban J connectivity index is 1.51. The molecule has 12 heteroatoms. The first kappa shape index (κ1) is 29.1. The van der Waals surface area contributed by atoms with Gasteiger partial charge in [-0.3, -0.25) is 9.88 Å². The third-order valence-electron chi connectivity index (χ3n) is 7.99. The van der Waals surface area contributed by atoms with Crippen molar-refractivity contribution in [1.29, 1.82) is 0 Å². The van der Waals surface area contributed by atoms with Crippen molar-refractivity contribution in [3.05, 3.63) is 78.0 Å². The number of hydrogen-bond acceptors (Lipinski definition) is 4. The Morgan fingerprint density at radius 1 is 1.10 bits per heavy atom. The lowest BCUT2D eigenvalue weighted by atomic mass is 9.73. The van der Waals surface area contributed by atoms with Crippen LogP contribution >= 0.6 is 12.2 Å². The van der Waals surface area contributed by atoms with Crippen LogP contribution in [0.15, 0.2) is 61.3 Å². The smallest absolute Gasteiger partial charge is 0.416 e. The standard InChI is InChI=1S/C29H28F6N4OS/c1-3-16-15-39-9-7-17(16)10-25(39)26(22-6-8-36-24-5-4-21(40-2)14-23(22)24)38-27(41)37-20-12-18(28(30,31)32)11-19(13-20)29(33,34)35/h3-6,8,11-14,16-17,25-26H,1,7,9-10,15H2,2H3,(H2,37,38,41)/t16-,17?,25+,26?/m1/s1. The van der Waals surface area contributed by atoms with Crippen molar-refractivity contribution in [3.63, 3.8) is 0 Å². The molecule has 3 aliphatic rings. The Labute approximate surface area is 238 Å². The summed E-state index contributed by atoms with van der Waals surface area (Å²) in [5.74, 6) is 1.35. The molecule has 0 amide bonds. The minimum Gasteiger partial charge on any atom is -0.497 e. The summed E-state index contributed by atoms with van der Waals surface area (Å²) in [4.78, 5) is 6.80. The van der Waals surface area contributed by atoms with Crippen molar-refractivity contribution >= 4 is 33.9 Å². The van der Waals surface area contributed by atoms with Crippen molar-refractivity contribution < 1.29 is 31.1 Å². The average Bonchev–Trinajstić information content (AvgIpc) is 2.94. The summed E-state index contributed by atoms with van der Waals surface area (Å²) in [6.45, 7) is 5.63. The van der Waals surface area contributed by atoms with Crippen LogP contribution in [0.3, 0.4) is 0 Å². The third-order valence-corrected chi connectivity index (χ3v) is 8.21. The van der Waals surface area contributed by atoms with Crippen LogP contribution in [-0.2, 0) is 12.4 Å². The largest absolute Gasteiger partial charge is 0.497 e. The SMILES string of the molecule is C=C[C@@H]1CN2CCC1C[C@H]2C(NC(=S)Nc1cc(C(F)(F)F)cc(C(F)(F)F)c1)c1ccnc2ccc(OC)cc12. The maximum Gasteiger partial charge on any atom is 0.416 e. The number of anilines is 1. The second-order valence-electron chi connectivity index (χ2n) is 10.4. The van der Waals surface area contributed by atoms with Crippen molar-refractivity contribution in [2.45, 2.75) is 37.3 Å². The van der Waals surface area contributed by atoms with Crippen LogP contribution in [0.1, 0.15) is 35.6 Å². The second kappa shape index (κ2) is 11.1. The Morgan fingerprint density at radius 2 is 1.80 bits per heavy atom. The molecule has 41 heavy (non-hydrogen) atoms. The first-order chi connectivity index (χ1) is 19.4. The fourth-order valence-electron chi connectivity index (χ4n) is 5.99. The molecule has 0 saturated carbocycles. The van der Waals surface area contributed by atoms with Crippen LogP contribution < -0.4 is 15.4 Å². The summed E-state index contributed by atoms with van der Waals surface area (Å²) in [5.41, 5.74) is -1.71. The van der Waals surface area contributed by atoms with Crippen LogP contribution in [0.25, 0.3) is 10.9 Å². The topological polar surface area (TPSA) is 49.4 Å². The summed E-state index contributed by atoms with van der Waals surface area (Å²) in [6.07, 6.45) is -4.48. The number of rotatable bonds is 6. The Hall–Kier alpha value is -3.38. The quantitative estimate of drug-likeness (QED) is 0.179. The highest BCUT2D eigenvalue weighted by molar-refractivity contribution is 7.80. The first-order valence-electron chi connectivity index (χ1n) is 13.0. The molecule has 3 aliphatic heterocycles. The number of fused-ring (bicyclic) bond motifs is 4. The van der Waals surface area contributed by atoms with Gasteiger partial charge in [0.25, 0.3) is 0 Å². The second-order valence-corrected chi connectivity index (χ2v) is 10.8. The highest BCUT2D eigenvalue weighted by Crippen LogP contribution is 2.43. The molecule has 5 nitrogen and oxygen atoms in total. The third kappa shape index (κ3) is 6.13. The number of alkyl halides is 6. The normalized spacial score (nSPS) is 23.2. The van der Waals surface area contributed by atoms with E-state index >= 15 is 0 Å². The molecule has 2 aromatic carbocycles. The van der Waals surface area contributed by atoms with E-state index in [1.54, 1.807) is 19.4 Å². The molecule has 0 radical (unpaired) electrons. The molecule has 3 aromatic rings. The summed E-state index contributed by atoms with van der Waals surface area (Å²) >= 11 is 5.50. The molecule has 218 valence electrons. The molecule has 0 aliphatic carbocycles. The number of aromatic nitrogens is 1. The number of ether oxygens (including phenoxy) is 1. The lowest BCUT2D eigenvalue weighted by molar-refractivity contribution is -0.143. The lowest BCUT2D eigenvalue weighted by Crippen LogP contribution is -2.57. The van der Waals surface area contributed by atoms with Gasteiger partial charge < -0.3 is 15.4 Å². The van der Waals surface area contributed by atoms with E-state index in [1.165, 1.54) is 0 Å². The summed E-state index contributed by atoms with van der Waals surface area (Å²) in [5, 5.41) is 6.52. The zero-order valence-corrected chi connectivity index (χ0v) is 22.8. The first-order valence-corrected chi connectivity index (χ1v) is 13.4. The highest BCUT2D eigenvalue weighted by Gasteiger charge is 2.43. The zero-order chi connectivity index (χ0) is 29.5. The van der Waals surface area contributed by atoms with E-state index in [0.717, 1.165) is 36.9 Å². The number of pyridine rings is 1. The van der Waals surface area contributed by atoms with Gasteiger partial charge in [0.1, 0.15) is 5.75 Å². The average molecular weight is 595 g/mol. The summed E-state index contributed by atoms with van der Waals surface area (Å²) in [7, 11) is 1.55. The fourth-order valence-corrected chi connectivity index (χ4v) is 6.23. The van der Waals surface area contributed by atoms with E-state index in [4.69, 9.17) is 17.0 Å². The fraction of sp³-hybridized carbons (Fsp3) is 0.379. The molecule has 3 fully saturated rings. The molecular formula is C29H28F6N4OS. The molecule has 1 aromatic heterocycles. The number of nitrogens with zero attached hydrogens (tertiary/aromatic N) is 2. The highest BCUT2D eigenvalue weighted by atomic mass is 32.1. The van der Waals surface area contributed by atoms with E-state index in [-0.39, 0.29) is 17.2 Å². The maximum absolute atomic E-state index is 13.4. The van der Waals surface area contributed by atoms with Gasteiger partial charge in [-0.15, -0.1) is 6.58 Å². The molecule has 2 bridgehead atoms. The van der Waals surface area contributed by atoms with Crippen LogP contribution in [-0.4, -0.2) is 41.2 Å². The minimum absolute atomic E-state index is 0.0475. The Morgan fingerprint density at radius 3 is 2.39 bits per heavy atom. The molecule has 4 heterocycles. The van der Waals surface area contributed by atoms with Gasteiger partial charge in [0, 0.05) is 29.9 Å². The predicted octanol–water partition coefficient (Wildman–Crippen LogP) is 7.21. The number of nitrogens with one attached hydrogen (secondary N) is 2. The van der Waals surface area contributed by atoms with Crippen molar-refractivity contribution in [3.8, 4) is 5.75 Å². The maximum atomic E-state index is 13.4.